The molecule has 68 valence electrons. The Bertz CT molecular complexity index is 98.4. The maximum Gasteiger partial charge on any atom is 0.331 e. The van der Waals surface area contributed by atoms with Gasteiger partial charge in [0.1, 0.15) is 0 Å². The SMILES string of the molecule is CO[Si](C)(C)OCCCCN. The zero-order chi connectivity index (χ0) is 8.74. The van der Waals surface area contributed by atoms with E-state index in [4.69, 9.17) is 14.6 Å². The third-order valence-electron chi connectivity index (χ3n) is 1.54. The van der Waals surface area contributed by atoms with Crippen LogP contribution in [0.3, 0.4) is 0 Å². The van der Waals surface area contributed by atoms with Crippen LogP contribution in [0.1, 0.15) is 12.8 Å². The van der Waals surface area contributed by atoms with Crippen LogP contribution in [0.4, 0.5) is 0 Å². The zero-order valence-electron chi connectivity index (χ0n) is 7.72. The van der Waals surface area contributed by atoms with Gasteiger partial charge in [-0.3, -0.25) is 0 Å². The Labute approximate surface area is 70.1 Å². The highest BCUT2D eigenvalue weighted by Gasteiger charge is 2.21. The van der Waals surface area contributed by atoms with Crippen molar-refractivity contribution in [2.75, 3.05) is 20.3 Å². The van der Waals surface area contributed by atoms with Gasteiger partial charge in [-0.25, -0.2) is 0 Å². The minimum Gasteiger partial charge on any atom is -0.398 e. The lowest BCUT2D eigenvalue weighted by atomic mass is 10.3. The predicted molar refractivity (Wildman–Crippen MR) is 48.7 cm³/mol. The van der Waals surface area contributed by atoms with E-state index in [0.29, 0.717) is 0 Å². The average Bonchev–Trinajstić information content (AvgIpc) is 1.99. The molecule has 0 fully saturated rings. The summed E-state index contributed by atoms with van der Waals surface area (Å²) in [6.45, 7) is 5.60. The minimum absolute atomic E-state index is 0.748. The van der Waals surface area contributed by atoms with Gasteiger partial charge in [0.2, 0.25) is 0 Å². The summed E-state index contributed by atoms with van der Waals surface area (Å²) in [6, 6.07) is 0. The molecule has 0 aliphatic carbocycles. The monoisotopic (exact) mass is 177 g/mol. The molecule has 4 heteroatoms. The topological polar surface area (TPSA) is 44.5 Å². The molecule has 2 N–H and O–H groups in total. The molecule has 0 aromatic rings. The fourth-order valence-electron chi connectivity index (χ4n) is 0.623. The molecular weight excluding hydrogens is 158 g/mol. The van der Waals surface area contributed by atoms with E-state index < -0.39 is 8.56 Å². The van der Waals surface area contributed by atoms with Crippen molar-refractivity contribution in [3.05, 3.63) is 0 Å². The Morgan fingerprint density at radius 1 is 1.27 bits per heavy atom. The van der Waals surface area contributed by atoms with Crippen LogP contribution in [0.2, 0.25) is 13.1 Å². The van der Waals surface area contributed by atoms with E-state index >= 15 is 0 Å². The molecule has 0 aromatic carbocycles. The van der Waals surface area contributed by atoms with E-state index in [1.807, 2.05) is 13.1 Å². The van der Waals surface area contributed by atoms with Crippen LogP contribution < -0.4 is 5.73 Å². The van der Waals surface area contributed by atoms with Crippen LogP contribution in [-0.2, 0) is 8.85 Å². The Kier molecular flexibility index (Phi) is 5.76. The molecule has 0 bridgehead atoms. The summed E-state index contributed by atoms with van der Waals surface area (Å²) >= 11 is 0. The Hall–Kier alpha value is 0.0969. The first kappa shape index (κ1) is 11.1. The molecule has 0 atom stereocenters. The van der Waals surface area contributed by atoms with Crippen molar-refractivity contribution in [1.82, 2.24) is 0 Å². The van der Waals surface area contributed by atoms with E-state index in [1.165, 1.54) is 0 Å². The smallest absolute Gasteiger partial charge is 0.331 e. The van der Waals surface area contributed by atoms with Crippen molar-refractivity contribution in [2.45, 2.75) is 25.9 Å². The van der Waals surface area contributed by atoms with Crippen LogP contribution in [0.15, 0.2) is 0 Å². The lowest BCUT2D eigenvalue weighted by molar-refractivity contribution is 0.207. The third kappa shape index (κ3) is 6.49. The van der Waals surface area contributed by atoms with Gasteiger partial charge in [-0.05, 0) is 32.5 Å². The van der Waals surface area contributed by atoms with E-state index in [2.05, 4.69) is 0 Å². The fourth-order valence-corrected chi connectivity index (χ4v) is 1.38. The van der Waals surface area contributed by atoms with Crippen LogP contribution in [-0.4, -0.2) is 28.8 Å². The first-order chi connectivity index (χ1) is 5.12. The van der Waals surface area contributed by atoms with Gasteiger partial charge in [0, 0.05) is 13.7 Å². The zero-order valence-corrected chi connectivity index (χ0v) is 8.72. The molecule has 0 aromatic heterocycles. The van der Waals surface area contributed by atoms with E-state index in [0.717, 1.165) is 26.0 Å². The second kappa shape index (κ2) is 5.71. The molecule has 0 aliphatic heterocycles. The van der Waals surface area contributed by atoms with Crippen LogP contribution >= 0.6 is 0 Å². The first-order valence-corrected chi connectivity index (χ1v) is 6.83. The van der Waals surface area contributed by atoms with Gasteiger partial charge in [-0.2, -0.15) is 0 Å². The molecule has 0 heterocycles. The molecule has 0 spiro atoms. The summed E-state index contributed by atoms with van der Waals surface area (Å²) in [4.78, 5) is 0. The number of hydrogen-bond acceptors (Lipinski definition) is 3. The maximum atomic E-state index is 5.54. The minimum atomic E-state index is -1.77. The summed E-state index contributed by atoms with van der Waals surface area (Å²) in [5, 5.41) is 0. The summed E-state index contributed by atoms with van der Waals surface area (Å²) < 4.78 is 10.7. The van der Waals surface area contributed by atoms with Gasteiger partial charge < -0.3 is 14.6 Å². The highest BCUT2D eigenvalue weighted by Crippen LogP contribution is 2.04. The Morgan fingerprint density at radius 3 is 2.36 bits per heavy atom. The van der Waals surface area contributed by atoms with Crippen molar-refractivity contribution in [1.29, 1.82) is 0 Å². The van der Waals surface area contributed by atoms with E-state index in [-0.39, 0.29) is 0 Å². The molecule has 0 amide bonds. The summed E-state index contributed by atoms with van der Waals surface area (Å²) in [6.07, 6.45) is 2.07. The van der Waals surface area contributed by atoms with Crippen molar-refractivity contribution in [3.63, 3.8) is 0 Å². The molecule has 3 nitrogen and oxygen atoms in total. The number of unbranched alkanes of at least 4 members (excludes halogenated alkanes) is 1. The van der Waals surface area contributed by atoms with Crippen molar-refractivity contribution >= 4 is 8.56 Å². The van der Waals surface area contributed by atoms with E-state index in [9.17, 15) is 0 Å². The second-order valence-corrected chi connectivity index (χ2v) is 6.44. The predicted octanol–water partition coefficient (Wildman–Crippen LogP) is 1.09. The summed E-state index contributed by atoms with van der Waals surface area (Å²) in [7, 11) is -0.0646. The molecule has 0 rings (SSSR count). The van der Waals surface area contributed by atoms with Crippen LogP contribution in [0.25, 0.3) is 0 Å². The van der Waals surface area contributed by atoms with Gasteiger partial charge in [0.25, 0.3) is 0 Å². The molecule has 0 unspecified atom stereocenters. The van der Waals surface area contributed by atoms with Gasteiger partial charge >= 0.3 is 8.56 Å². The Balaban J connectivity index is 3.23. The van der Waals surface area contributed by atoms with Crippen LogP contribution in [0.5, 0.6) is 0 Å². The van der Waals surface area contributed by atoms with Gasteiger partial charge in [0.15, 0.2) is 0 Å². The van der Waals surface area contributed by atoms with Gasteiger partial charge in [0.05, 0.1) is 0 Å². The fraction of sp³-hybridized carbons (Fsp3) is 1.00. The highest BCUT2D eigenvalue weighted by molar-refractivity contribution is 6.64. The number of hydrogen-bond donors (Lipinski definition) is 1. The molecule has 11 heavy (non-hydrogen) atoms. The first-order valence-electron chi connectivity index (χ1n) is 4.01. The Morgan fingerprint density at radius 2 is 1.91 bits per heavy atom. The lowest BCUT2D eigenvalue weighted by Gasteiger charge is -2.19. The standard InChI is InChI=1S/C7H19NO2Si/c1-9-11(2,3)10-7-5-4-6-8/h4-8H2,1-3H3. The van der Waals surface area contributed by atoms with Gasteiger partial charge in [-0.1, -0.05) is 0 Å². The molecular formula is C7H19NO2Si. The molecule has 0 aliphatic rings. The summed E-state index contributed by atoms with van der Waals surface area (Å²) in [5.41, 5.74) is 5.34. The quantitative estimate of drug-likeness (QED) is 0.488. The molecule has 0 radical (unpaired) electrons. The largest absolute Gasteiger partial charge is 0.398 e. The second-order valence-electron chi connectivity index (χ2n) is 2.95. The lowest BCUT2D eigenvalue weighted by Crippen LogP contribution is -2.33. The average molecular weight is 177 g/mol. The van der Waals surface area contributed by atoms with Crippen molar-refractivity contribution in [3.8, 4) is 0 Å². The van der Waals surface area contributed by atoms with Crippen molar-refractivity contribution in [2.24, 2.45) is 5.73 Å². The molecule has 0 saturated carbocycles. The third-order valence-corrected chi connectivity index (χ3v) is 3.42. The van der Waals surface area contributed by atoms with Crippen LogP contribution in [0, 0.1) is 0 Å². The highest BCUT2D eigenvalue weighted by atomic mass is 28.4. The number of nitrogens with two attached hydrogens (primary N) is 1. The maximum absolute atomic E-state index is 5.54. The van der Waals surface area contributed by atoms with E-state index in [1.54, 1.807) is 7.11 Å². The number of rotatable bonds is 6. The summed E-state index contributed by atoms with van der Waals surface area (Å²) in [5.74, 6) is 0. The van der Waals surface area contributed by atoms with Gasteiger partial charge in [-0.15, -0.1) is 0 Å². The van der Waals surface area contributed by atoms with Crippen molar-refractivity contribution < 1.29 is 8.85 Å². The normalized spacial score (nSPS) is 12.0. The molecule has 0 saturated heterocycles.